The van der Waals surface area contributed by atoms with Crippen molar-refractivity contribution in [2.24, 2.45) is 4.99 Å². The van der Waals surface area contributed by atoms with Crippen LogP contribution in [0.1, 0.15) is 39.5 Å². The minimum atomic E-state index is -0.499. The monoisotopic (exact) mass is 241 g/mol. The third-order valence-electron chi connectivity index (χ3n) is 2.97. The van der Waals surface area contributed by atoms with Gasteiger partial charge in [0.1, 0.15) is 5.54 Å². The number of aliphatic imine (C=N–C) groups is 1. The van der Waals surface area contributed by atoms with Crippen LogP contribution in [-0.2, 0) is 9.53 Å². The van der Waals surface area contributed by atoms with E-state index in [-0.39, 0.29) is 5.91 Å². The van der Waals surface area contributed by atoms with Crippen molar-refractivity contribution in [3.63, 3.8) is 0 Å². The van der Waals surface area contributed by atoms with Crippen LogP contribution in [0.4, 0.5) is 0 Å². The number of hydrogen-bond acceptors (Lipinski definition) is 3. The Hall–Kier alpha value is -1.10. The topological polar surface area (TPSA) is 62.7 Å². The molecule has 0 spiro atoms. The minimum absolute atomic E-state index is 0.0183. The largest absolute Gasteiger partial charge is 0.383 e. The van der Waals surface area contributed by atoms with E-state index < -0.39 is 5.54 Å². The number of hydrogen-bond donors (Lipinski definition) is 2. The second kappa shape index (κ2) is 6.59. The number of amides is 1. The first-order valence-corrected chi connectivity index (χ1v) is 6.25. The molecule has 1 fully saturated rings. The van der Waals surface area contributed by atoms with Crippen LogP contribution in [0, 0.1) is 0 Å². The van der Waals surface area contributed by atoms with Gasteiger partial charge in [-0.05, 0) is 13.3 Å². The van der Waals surface area contributed by atoms with Crippen LogP contribution >= 0.6 is 0 Å². The van der Waals surface area contributed by atoms with Crippen molar-refractivity contribution in [1.29, 1.82) is 0 Å². The summed E-state index contributed by atoms with van der Waals surface area (Å²) in [6.07, 6.45) is 4.21. The molecule has 5 heteroatoms. The van der Waals surface area contributed by atoms with Gasteiger partial charge in [-0.1, -0.05) is 26.2 Å². The third kappa shape index (κ3) is 4.00. The first-order chi connectivity index (χ1) is 8.12. The lowest BCUT2D eigenvalue weighted by molar-refractivity contribution is -0.123. The standard InChI is InChI=1S/C12H23N3O2/c1-4-5-6-7-12(2)10(16)14-11(15-12)13-8-9-17-3/h4-9H2,1-3H3,(H2,13,14,15,16). The van der Waals surface area contributed by atoms with Gasteiger partial charge in [0.25, 0.3) is 5.91 Å². The lowest BCUT2D eigenvalue weighted by atomic mass is 9.95. The Kier molecular flexibility index (Phi) is 5.41. The number of methoxy groups -OCH3 is 1. The Morgan fingerprint density at radius 3 is 2.82 bits per heavy atom. The number of nitrogens with one attached hydrogen (secondary N) is 2. The zero-order valence-electron chi connectivity index (χ0n) is 11.0. The summed E-state index contributed by atoms with van der Waals surface area (Å²) in [6.45, 7) is 5.21. The molecule has 1 atom stereocenters. The summed E-state index contributed by atoms with van der Waals surface area (Å²) in [4.78, 5) is 16.1. The zero-order valence-corrected chi connectivity index (χ0v) is 11.0. The maximum Gasteiger partial charge on any atom is 0.252 e. The Morgan fingerprint density at radius 1 is 1.41 bits per heavy atom. The molecule has 17 heavy (non-hydrogen) atoms. The zero-order chi connectivity index (χ0) is 12.7. The van der Waals surface area contributed by atoms with Crippen molar-refractivity contribution < 1.29 is 9.53 Å². The molecular weight excluding hydrogens is 218 g/mol. The van der Waals surface area contributed by atoms with Crippen molar-refractivity contribution >= 4 is 11.9 Å². The molecule has 0 aliphatic carbocycles. The third-order valence-corrected chi connectivity index (χ3v) is 2.97. The molecule has 1 aliphatic rings. The molecule has 0 saturated carbocycles. The summed E-state index contributed by atoms with van der Waals surface area (Å²) in [5.74, 6) is 0.593. The molecule has 5 nitrogen and oxygen atoms in total. The highest BCUT2D eigenvalue weighted by molar-refractivity contribution is 6.08. The first-order valence-electron chi connectivity index (χ1n) is 6.25. The van der Waals surface area contributed by atoms with Crippen LogP contribution < -0.4 is 10.6 Å². The summed E-state index contributed by atoms with van der Waals surface area (Å²) >= 11 is 0. The van der Waals surface area contributed by atoms with Crippen molar-refractivity contribution in [3.05, 3.63) is 0 Å². The van der Waals surface area contributed by atoms with Gasteiger partial charge in [0, 0.05) is 7.11 Å². The lowest BCUT2D eigenvalue weighted by Gasteiger charge is -2.20. The summed E-state index contributed by atoms with van der Waals surface area (Å²) in [7, 11) is 1.63. The van der Waals surface area contributed by atoms with Crippen LogP contribution in [0.15, 0.2) is 4.99 Å². The van der Waals surface area contributed by atoms with E-state index in [0.717, 1.165) is 25.7 Å². The summed E-state index contributed by atoms with van der Waals surface area (Å²) in [5.41, 5.74) is -0.499. The van der Waals surface area contributed by atoms with Crippen molar-refractivity contribution in [3.8, 4) is 0 Å². The van der Waals surface area contributed by atoms with Crippen molar-refractivity contribution in [1.82, 2.24) is 10.6 Å². The van der Waals surface area contributed by atoms with E-state index in [1.807, 2.05) is 6.92 Å². The molecule has 0 aromatic rings. The van der Waals surface area contributed by atoms with Crippen LogP contribution in [0.2, 0.25) is 0 Å². The second-order valence-electron chi connectivity index (χ2n) is 4.59. The molecule has 2 N–H and O–H groups in total. The number of nitrogens with zero attached hydrogens (tertiary/aromatic N) is 1. The fraction of sp³-hybridized carbons (Fsp3) is 0.833. The molecule has 1 rings (SSSR count). The number of carbonyl (C=O) groups excluding carboxylic acids is 1. The summed E-state index contributed by atoms with van der Waals surface area (Å²) in [6, 6.07) is 0. The SMILES string of the molecule is CCCCCC1(C)NC(=NCCOC)NC1=O. The number of ether oxygens (including phenoxy) is 1. The van der Waals surface area contributed by atoms with Gasteiger partial charge in [-0.25, -0.2) is 0 Å². The molecule has 98 valence electrons. The van der Waals surface area contributed by atoms with Crippen LogP contribution in [0.25, 0.3) is 0 Å². The molecule has 0 radical (unpaired) electrons. The summed E-state index contributed by atoms with van der Waals surface area (Å²) < 4.78 is 4.91. The van der Waals surface area contributed by atoms with E-state index in [9.17, 15) is 4.79 Å². The van der Waals surface area contributed by atoms with Crippen LogP contribution in [0.5, 0.6) is 0 Å². The van der Waals surface area contributed by atoms with E-state index in [0.29, 0.717) is 19.1 Å². The van der Waals surface area contributed by atoms with E-state index in [4.69, 9.17) is 4.74 Å². The van der Waals surface area contributed by atoms with E-state index >= 15 is 0 Å². The van der Waals surface area contributed by atoms with Gasteiger partial charge < -0.3 is 10.1 Å². The average Bonchev–Trinajstić information content (AvgIpc) is 2.56. The van der Waals surface area contributed by atoms with Crippen molar-refractivity contribution in [2.75, 3.05) is 20.3 Å². The highest BCUT2D eigenvalue weighted by Crippen LogP contribution is 2.18. The fourth-order valence-electron chi connectivity index (χ4n) is 1.83. The molecule has 0 aromatic heterocycles. The lowest BCUT2D eigenvalue weighted by Crippen LogP contribution is -2.43. The van der Waals surface area contributed by atoms with Crippen molar-refractivity contribution in [2.45, 2.75) is 45.1 Å². The first kappa shape index (κ1) is 14.0. The Bertz CT molecular complexity index is 291. The Balaban J connectivity index is 2.47. The van der Waals surface area contributed by atoms with Gasteiger partial charge in [-0.2, -0.15) is 0 Å². The van der Waals surface area contributed by atoms with Gasteiger partial charge in [0.15, 0.2) is 5.96 Å². The molecule has 1 saturated heterocycles. The maximum atomic E-state index is 11.8. The average molecular weight is 241 g/mol. The molecule has 1 heterocycles. The Morgan fingerprint density at radius 2 is 2.18 bits per heavy atom. The number of carbonyl (C=O) groups is 1. The number of unbranched alkanes of at least 4 members (excludes halogenated alkanes) is 2. The smallest absolute Gasteiger partial charge is 0.252 e. The highest BCUT2D eigenvalue weighted by Gasteiger charge is 2.39. The second-order valence-corrected chi connectivity index (χ2v) is 4.59. The predicted octanol–water partition coefficient (Wildman–Crippen LogP) is 1.05. The van der Waals surface area contributed by atoms with Gasteiger partial charge >= 0.3 is 0 Å². The van der Waals surface area contributed by atoms with E-state index in [2.05, 4.69) is 22.5 Å². The fourth-order valence-corrected chi connectivity index (χ4v) is 1.83. The predicted molar refractivity (Wildman–Crippen MR) is 68.0 cm³/mol. The molecular formula is C12H23N3O2. The molecule has 1 unspecified atom stereocenters. The van der Waals surface area contributed by atoms with Gasteiger partial charge in [-0.15, -0.1) is 0 Å². The molecule has 0 aromatic carbocycles. The molecule has 1 aliphatic heterocycles. The van der Waals surface area contributed by atoms with Gasteiger partial charge in [-0.3, -0.25) is 15.1 Å². The number of rotatable bonds is 7. The number of guanidine groups is 1. The quantitative estimate of drug-likeness (QED) is 0.655. The van der Waals surface area contributed by atoms with Crippen LogP contribution in [-0.4, -0.2) is 37.7 Å². The van der Waals surface area contributed by atoms with E-state index in [1.165, 1.54) is 0 Å². The molecule has 1 amide bonds. The minimum Gasteiger partial charge on any atom is -0.383 e. The highest BCUT2D eigenvalue weighted by atomic mass is 16.5. The molecule has 0 bridgehead atoms. The van der Waals surface area contributed by atoms with Gasteiger partial charge in [0.2, 0.25) is 0 Å². The Labute approximate surface area is 103 Å². The summed E-state index contributed by atoms with van der Waals surface area (Å²) in [5, 5.41) is 5.94. The van der Waals surface area contributed by atoms with E-state index in [1.54, 1.807) is 7.11 Å². The maximum absolute atomic E-state index is 11.8. The normalized spacial score (nSPS) is 26.1. The van der Waals surface area contributed by atoms with Crippen LogP contribution in [0.3, 0.4) is 0 Å². The van der Waals surface area contributed by atoms with Gasteiger partial charge in [0.05, 0.1) is 13.2 Å².